The predicted octanol–water partition coefficient (Wildman–Crippen LogP) is 0.0654. The second-order valence-corrected chi connectivity index (χ2v) is 3.52. The van der Waals surface area contributed by atoms with Crippen molar-refractivity contribution in [3.8, 4) is 0 Å². The van der Waals surface area contributed by atoms with E-state index in [0.717, 1.165) is 0 Å². The van der Waals surface area contributed by atoms with Gasteiger partial charge in [0.25, 0.3) is 0 Å². The molecule has 46 valence electrons. The molecule has 0 bridgehead atoms. The zero-order valence-corrected chi connectivity index (χ0v) is 5.91. The molecule has 8 heavy (non-hydrogen) atoms. The standard InChI is InChI=1S/C4H7NOS2/c6-8-2-1-5-4(7)3-8/h1-2,4-5,7H,3H2. The van der Waals surface area contributed by atoms with Gasteiger partial charge >= 0.3 is 0 Å². The minimum absolute atomic E-state index is 0.0702. The molecule has 0 saturated heterocycles. The van der Waals surface area contributed by atoms with Gasteiger partial charge in [-0.2, -0.15) is 12.6 Å². The minimum atomic E-state index is -0.790. The van der Waals surface area contributed by atoms with E-state index in [1.165, 1.54) is 0 Å². The van der Waals surface area contributed by atoms with Gasteiger partial charge in [0.2, 0.25) is 0 Å². The molecule has 1 aliphatic rings. The maximum atomic E-state index is 10.6. The van der Waals surface area contributed by atoms with Crippen LogP contribution in [0.4, 0.5) is 0 Å². The highest BCUT2D eigenvalue weighted by Gasteiger charge is 2.06. The Hall–Kier alpha value is 0.0400. The molecule has 0 radical (unpaired) electrons. The van der Waals surface area contributed by atoms with Crippen LogP contribution in [-0.4, -0.2) is 15.3 Å². The summed E-state index contributed by atoms with van der Waals surface area (Å²) >= 11 is 4.07. The van der Waals surface area contributed by atoms with Crippen LogP contribution in [0.2, 0.25) is 0 Å². The summed E-state index contributed by atoms with van der Waals surface area (Å²) < 4.78 is 10.6. The van der Waals surface area contributed by atoms with Crippen LogP contribution >= 0.6 is 12.6 Å². The van der Waals surface area contributed by atoms with Gasteiger partial charge in [0.1, 0.15) is 0 Å². The molecule has 2 unspecified atom stereocenters. The van der Waals surface area contributed by atoms with Crippen molar-refractivity contribution in [1.29, 1.82) is 0 Å². The molecule has 2 nitrogen and oxygen atoms in total. The number of rotatable bonds is 0. The molecule has 0 aromatic rings. The lowest BCUT2D eigenvalue weighted by atomic mass is 10.7. The fourth-order valence-electron chi connectivity index (χ4n) is 0.486. The quantitative estimate of drug-likeness (QED) is 0.477. The van der Waals surface area contributed by atoms with Crippen LogP contribution in [0, 0.1) is 0 Å². The van der Waals surface area contributed by atoms with Crippen molar-refractivity contribution in [1.82, 2.24) is 5.32 Å². The van der Waals surface area contributed by atoms with E-state index in [2.05, 4.69) is 17.9 Å². The van der Waals surface area contributed by atoms with E-state index in [9.17, 15) is 4.21 Å². The third kappa shape index (κ3) is 1.52. The van der Waals surface area contributed by atoms with E-state index in [1.54, 1.807) is 11.6 Å². The van der Waals surface area contributed by atoms with Crippen LogP contribution in [-0.2, 0) is 10.8 Å². The molecule has 1 rings (SSSR count). The van der Waals surface area contributed by atoms with Crippen LogP contribution < -0.4 is 5.32 Å². The molecule has 2 atom stereocenters. The van der Waals surface area contributed by atoms with Gasteiger partial charge in [0.05, 0.1) is 11.1 Å². The lowest BCUT2D eigenvalue weighted by molar-refractivity contribution is 0.682. The van der Waals surface area contributed by atoms with E-state index >= 15 is 0 Å². The third-order valence-corrected chi connectivity index (χ3v) is 2.51. The Bertz CT molecular complexity index is 134. The minimum Gasteiger partial charge on any atom is -0.378 e. The Morgan fingerprint density at radius 3 is 3.00 bits per heavy atom. The second-order valence-electron chi connectivity index (χ2n) is 1.53. The number of hydrogen-bond donors (Lipinski definition) is 2. The molecule has 0 amide bonds. The van der Waals surface area contributed by atoms with Gasteiger partial charge < -0.3 is 5.32 Å². The van der Waals surface area contributed by atoms with E-state index in [4.69, 9.17) is 0 Å². The van der Waals surface area contributed by atoms with Gasteiger partial charge in [-0.1, -0.05) is 0 Å². The van der Waals surface area contributed by atoms with Crippen molar-refractivity contribution in [2.24, 2.45) is 0 Å². The van der Waals surface area contributed by atoms with Crippen molar-refractivity contribution >= 4 is 23.4 Å². The average Bonchev–Trinajstić information content (AvgIpc) is 1.64. The number of nitrogens with one attached hydrogen (secondary N) is 1. The van der Waals surface area contributed by atoms with Crippen LogP contribution in [0.5, 0.6) is 0 Å². The lowest BCUT2D eigenvalue weighted by Gasteiger charge is -2.12. The third-order valence-electron chi connectivity index (χ3n) is 0.831. The van der Waals surface area contributed by atoms with Crippen LogP contribution in [0.25, 0.3) is 0 Å². The summed E-state index contributed by atoms with van der Waals surface area (Å²) in [5.74, 6) is 0.611. The summed E-state index contributed by atoms with van der Waals surface area (Å²) in [5.41, 5.74) is 0. The second kappa shape index (κ2) is 2.55. The van der Waals surface area contributed by atoms with Crippen molar-refractivity contribution in [2.75, 3.05) is 5.75 Å². The summed E-state index contributed by atoms with van der Waals surface area (Å²) in [5, 5.41) is 4.60. The fourth-order valence-corrected chi connectivity index (χ4v) is 1.76. The Labute approximate surface area is 56.2 Å². The molecule has 1 heterocycles. The molecule has 0 fully saturated rings. The van der Waals surface area contributed by atoms with Gasteiger partial charge in [-0.05, 0) is 0 Å². The molecule has 0 aliphatic carbocycles. The van der Waals surface area contributed by atoms with Crippen molar-refractivity contribution < 1.29 is 4.21 Å². The molecule has 0 aromatic heterocycles. The van der Waals surface area contributed by atoms with E-state index in [1.807, 2.05) is 0 Å². The summed E-state index contributed by atoms with van der Waals surface area (Å²) in [6.45, 7) is 0. The summed E-state index contributed by atoms with van der Waals surface area (Å²) in [4.78, 5) is 0. The Morgan fingerprint density at radius 1 is 1.88 bits per heavy atom. The first-order chi connectivity index (χ1) is 3.79. The highest BCUT2D eigenvalue weighted by Crippen LogP contribution is 1.99. The Kier molecular flexibility index (Phi) is 1.96. The van der Waals surface area contributed by atoms with Crippen molar-refractivity contribution in [2.45, 2.75) is 5.37 Å². The van der Waals surface area contributed by atoms with Gasteiger partial charge in [-0.3, -0.25) is 4.21 Å². The molecule has 0 saturated carbocycles. The van der Waals surface area contributed by atoms with Gasteiger partial charge in [-0.25, -0.2) is 0 Å². The van der Waals surface area contributed by atoms with Gasteiger partial charge in [0, 0.05) is 22.4 Å². The first kappa shape index (κ1) is 6.16. The number of hydrogen-bond acceptors (Lipinski definition) is 3. The first-order valence-corrected chi connectivity index (χ1v) is 4.17. The monoisotopic (exact) mass is 149 g/mol. The summed E-state index contributed by atoms with van der Waals surface area (Å²) in [6.07, 6.45) is 1.68. The maximum Gasteiger partial charge on any atom is 0.0807 e. The van der Waals surface area contributed by atoms with Gasteiger partial charge in [0.15, 0.2) is 0 Å². The highest BCUT2D eigenvalue weighted by atomic mass is 32.2. The zero-order chi connectivity index (χ0) is 5.98. The molecule has 0 spiro atoms. The van der Waals surface area contributed by atoms with Crippen LogP contribution in [0.15, 0.2) is 11.6 Å². The smallest absolute Gasteiger partial charge is 0.0807 e. The predicted molar refractivity (Wildman–Crippen MR) is 38.1 cm³/mol. The first-order valence-electron chi connectivity index (χ1n) is 2.27. The van der Waals surface area contributed by atoms with Gasteiger partial charge in [-0.15, -0.1) is 0 Å². The van der Waals surface area contributed by atoms with E-state index in [0.29, 0.717) is 5.75 Å². The summed E-state index contributed by atoms with van der Waals surface area (Å²) in [6, 6.07) is 0. The molecular formula is C4H7NOS2. The zero-order valence-electron chi connectivity index (χ0n) is 4.20. The molecular weight excluding hydrogens is 142 g/mol. The summed E-state index contributed by atoms with van der Waals surface area (Å²) in [7, 11) is -0.790. The maximum absolute atomic E-state index is 10.6. The largest absolute Gasteiger partial charge is 0.378 e. The topological polar surface area (TPSA) is 29.1 Å². The molecule has 4 heteroatoms. The van der Waals surface area contributed by atoms with Crippen molar-refractivity contribution in [3.63, 3.8) is 0 Å². The Balaban J connectivity index is 2.54. The fraction of sp³-hybridized carbons (Fsp3) is 0.500. The lowest BCUT2D eigenvalue weighted by Crippen LogP contribution is -2.27. The molecule has 1 N–H and O–H groups in total. The highest BCUT2D eigenvalue weighted by molar-refractivity contribution is 7.89. The van der Waals surface area contributed by atoms with Crippen molar-refractivity contribution in [3.05, 3.63) is 11.6 Å². The molecule has 1 aliphatic heterocycles. The van der Waals surface area contributed by atoms with E-state index in [-0.39, 0.29) is 5.37 Å². The normalized spacial score (nSPS) is 36.6. The number of thiol groups is 1. The Morgan fingerprint density at radius 2 is 2.62 bits per heavy atom. The van der Waals surface area contributed by atoms with E-state index < -0.39 is 10.8 Å². The van der Waals surface area contributed by atoms with Crippen LogP contribution in [0.3, 0.4) is 0 Å². The SMILES string of the molecule is O=S1C=CNC(S)C1. The van der Waals surface area contributed by atoms with Crippen LogP contribution in [0.1, 0.15) is 0 Å². The molecule has 0 aromatic carbocycles. The average molecular weight is 149 g/mol.